The van der Waals surface area contributed by atoms with Gasteiger partial charge in [-0.25, -0.2) is 4.31 Å². The molecule has 0 fully saturated rings. The molecule has 182 valence electrons. The van der Waals surface area contributed by atoms with E-state index in [2.05, 4.69) is 0 Å². The average molecular weight is 492 g/mol. The Morgan fingerprint density at radius 2 is 1.65 bits per heavy atom. The van der Waals surface area contributed by atoms with Gasteiger partial charge in [-0.15, -0.1) is 0 Å². The Morgan fingerprint density at radius 3 is 2.18 bits per heavy atom. The van der Waals surface area contributed by atoms with E-state index in [-0.39, 0.29) is 22.2 Å². The number of sulfonamides is 1. The molecule has 11 nitrogen and oxygen atoms in total. The van der Waals surface area contributed by atoms with Crippen LogP contribution in [0.3, 0.4) is 0 Å². The summed E-state index contributed by atoms with van der Waals surface area (Å²) in [4.78, 5) is 24.4. The van der Waals surface area contributed by atoms with Crippen molar-refractivity contribution in [1.82, 2.24) is 4.57 Å². The van der Waals surface area contributed by atoms with Crippen LogP contribution in [0, 0.1) is 0 Å². The van der Waals surface area contributed by atoms with Gasteiger partial charge in [0.05, 0.1) is 50.4 Å². The molecule has 0 aliphatic heterocycles. The van der Waals surface area contributed by atoms with E-state index in [0.29, 0.717) is 21.0 Å². The lowest BCUT2D eigenvalue weighted by atomic mass is 10.2. The summed E-state index contributed by atoms with van der Waals surface area (Å²) in [5.74, 6) is -1.93. The van der Waals surface area contributed by atoms with Crippen LogP contribution in [-0.4, -0.2) is 57.3 Å². The molecule has 2 aromatic carbocycles. The van der Waals surface area contributed by atoms with Crippen LogP contribution in [0.15, 0.2) is 47.5 Å². The molecule has 0 unspecified atom stereocenters. The van der Waals surface area contributed by atoms with Gasteiger partial charge in [0, 0.05) is 7.05 Å². The summed E-state index contributed by atoms with van der Waals surface area (Å²) in [7, 11) is 0.968. The summed E-state index contributed by atoms with van der Waals surface area (Å²) < 4.78 is 46.2. The molecule has 0 saturated carbocycles. The fourth-order valence-electron chi connectivity index (χ4n) is 3.72. The number of para-hydroxylation sites is 1. The maximum absolute atomic E-state index is 14.0. The number of aromatic nitrogens is 1. The van der Waals surface area contributed by atoms with E-state index in [9.17, 15) is 18.0 Å². The first-order valence-corrected chi connectivity index (χ1v) is 11.4. The molecule has 0 aliphatic rings. The number of nitrogens with two attached hydrogens (primary N) is 1. The number of fused-ring (bicyclic) bond motifs is 1. The average Bonchev–Trinajstić information content (AvgIpc) is 3.10. The van der Waals surface area contributed by atoms with Crippen LogP contribution in [0.1, 0.15) is 6.42 Å². The zero-order chi connectivity index (χ0) is 25.2. The maximum atomic E-state index is 14.0. The summed E-state index contributed by atoms with van der Waals surface area (Å²) in [6.45, 7) is 0. The molecule has 34 heavy (non-hydrogen) atoms. The van der Waals surface area contributed by atoms with Gasteiger partial charge in [0.15, 0.2) is 22.3 Å². The van der Waals surface area contributed by atoms with E-state index in [4.69, 9.17) is 25.1 Å². The van der Waals surface area contributed by atoms with E-state index in [1.807, 2.05) is 0 Å². The largest absolute Gasteiger partial charge is 0.493 e. The lowest BCUT2D eigenvalue weighted by Crippen LogP contribution is -2.48. The van der Waals surface area contributed by atoms with Gasteiger partial charge in [0.1, 0.15) is 0 Å². The molecule has 1 aromatic heterocycles. The van der Waals surface area contributed by atoms with E-state index in [1.54, 1.807) is 30.3 Å². The van der Waals surface area contributed by atoms with Crippen molar-refractivity contribution >= 4 is 38.5 Å². The van der Waals surface area contributed by atoms with E-state index in [0.717, 1.165) is 0 Å². The number of carbonyl (C=O) groups is 2. The molecule has 1 heterocycles. The zero-order valence-corrected chi connectivity index (χ0v) is 19.8. The number of amides is 1. The monoisotopic (exact) mass is 491 g/mol. The number of methoxy groups -OCH3 is 3. The third-order valence-corrected chi connectivity index (χ3v) is 7.02. The standard InChI is InChI=1S/C22H25N3O8S/c1-24-15-10-11-16(31-2)19(32-3)18(15)20(33-4)22(24)34(29,30)25(13-8-6-5-7-9-13)21(28)14(23)12-17(26)27/h5-11,14H,12,23H2,1-4H3,(H,26,27)/t14-/m0/s1. The van der Waals surface area contributed by atoms with Crippen LogP contribution in [0.25, 0.3) is 10.9 Å². The number of benzene rings is 2. The van der Waals surface area contributed by atoms with Gasteiger partial charge < -0.3 is 29.6 Å². The molecule has 12 heteroatoms. The van der Waals surface area contributed by atoms with Gasteiger partial charge in [-0.3, -0.25) is 9.59 Å². The summed E-state index contributed by atoms with van der Waals surface area (Å²) in [5.41, 5.74) is 6.21. The maximum Gasteiger partial charge on any atom is 0.305 e. The quantitative estimate of drug-likeness (QED) is 0.456. The topological polar surface area (TPSA) is 150 Å². The molecular weight excluding hydrogens is 466 g/mol. The van der Waals surface area contributed by atoms with Gasteiger partial charge in [0.2, 0.25) is 0 Å². The molecule has 1 atom stereocenters. The highest BCUT2D eigenvalue weighted by Gasteiger charge is 2.40. The smallest absolute Gasteiger partial charge is 0.305 e. The van der Waals surface area contributed by atoms with E-state index < -0.39 is 34.4 Å². The van der Waals surface area contributed by atoms with Crippen molar-refractivity contribution in [3.63, 3.8) is 0 Å². The van der Waals surface area contributed by atoms with Gasteiger partial charge in [-0.2, -0.15) is 8.42 Å². The number of carbonyl (C=O) groups excluding carboxylic acids is 1. The van der Waals surface area contributed by atoms with Crippen molar-refractivity contribution < 1.29 is 37.3 Å². The fourth-order valence-corrected chi connectivity index (χ4v) is 5.53. The number of aryl methyl sites for hydroxylation is 1. The van der Waals surface area contributed by atoms with Crippen molar-refractivity contribution in [1.29, 1.82) is 0 Å². The minimum absolute atomic E-state index is 0.00908. The predicted molar refractivity (Wildman–Crippen MR) is 124 cm³/mol. The van der Waals surface area contributed by atoms with Crippen molar-refractivity contribution in [2.24, 2.45) is 12.8 Å². The molecule has 3 N–H and O–H groups in total. The number of hydrogen-bond donors (Lipinski definition) is 2. The second kappa shape index (κ2) is 9.61. The highest BCUT2D eigenvalue weighted by molar-refractivity contribution is 7.93. The third-order valence-electron chi connectivity index (χ3n) is 5.20. The lowest BCUT2D eigenvalue weighted by Gasteiger charge is -2.25. The van der Waals surface area contributed by atoms with Gasteiger partial charge in [-0.1, -0.05) is 18.2 Å². The van der Waals surface area contributed by atoms with Gasteiger partial charge in [0.25, 0.3) is 15.9 Å². The lowest BCUT2D eigenvalue weighted by molar-refractivity contribution is -0.139. The van der Waals surface area contributed by atoms with Crippen LogP contribution < -0.4 is 24.2 Å². The van der Waals surface area contributed by atoms with E-state index in [1.165, 1.54) is 45.1 Å². The number of ether oxygens (including phenoxy) is 3. The number of aliphatic carboxylic acids is 1. The zero-order valence-electron chi connectivity index (χ0n) is 19.0. The van der Waals surface area contributed by atoms with Crippen molar-refractivity contribution in [2.75, 3.05) is 25.6 Å². The first kappa shape index (κ1) is 24.9. The van der Waals surface area contributed by atoms with Crippen molar-refractivity contribution in [3.8, 4) is 17.2 Å². The molecule has 0 bridgehead atoms. The van der Waals surface area contributed by atoms with Crippen LogP contribution in [0.4, 0.5) is 5.69 Å². The van der Waals surface area contributed by atoms with Crippen LogP contribution in [-0.2, 0) is 26.7 Å². The number of nitrogens with zero attached hydrogens (tertiary/aromatic N) is 2. The fraction of sp³-hybridized carbons (Fsp3) is 0.273. The Labute approximate surface area is 196 Å². The Bertz CT molecular complexity index is 1340. The van der Waals surface area contributed by atoms with E-state index >= 15 is 0 Å². The Hall–Kier alpha value is -3.77. The molecule has 3 aromatic rings. The normalized spacial score (nSPS) is 12.3. The molecular formula is C22H25N3O8S. The summed E-state index contributed by atoms with van der Waals surface area (Å²) >= 11 is 0. The number of hydrogen-bond acceptors (Lipinski definition) is 8. The molecule has 0 radical (unpaired) electrons. The SMILES string of the molecule is COc1ccc2c(c1OC)c(OC)c(S(=O)(=O)N(C(=O)[C@@H](N)CC(=O)O)c1ccccc1)n2C. The summed E-state index contributed by atoms with van der Waals surface area (Å²) in [6, 6.07) is 9.17. The summed E-state index contributed by atoms with van der Waals surface area (Å²) in [6.07, 6.45) is -0.755. The van der Waals surface area contributed by atoms with Crippen molar-refractivity contribution in [3.05, 3.63) is 42.5 Å². The second-order valence-corrected chi connectivity index (χ2v) is 8.94. The van der Waals surface area contributed by atoms with Crippen molar-refractivity contribution in [2.45, 2.75) is 17.5 Å². The number of carboxylic acid groups (broad SMARTS) is 1. The Kier molecular flexibility index (Phi) is 7.03. The highest BCUT2D eigenvalue weighted by Crippen LogP contribution is 2.46. The minimum atomic E-state index is -4.66. The number of carboxylic acids is 1. The molecule has 0 spiro atoms. The second-order valence-electron chi connectivity index (χ2n) is 7.24. The highest BCUT2D eigenvalue weighted by atomic mass is 32.2. The molecule has 3 rings (SSSR count). The molecule has 0 aliphatic carbocycles. The molecule has 1 amide bonds. The Morgan fingerprint density at radius 1 is 1.03 bits per heavy atom. The van der Waals surface area contributed by atoms with Crippen LogP contribution in [0.5, 0.6) is 17.2 Å². The minimum Gasteiger partial charge on any atom is -0.493 e. The summed E-state index contributed by atoms with van der Waals surface area (Å²) in [5, 5.41) is 9.05. The predicted octanol–water partition coefficient (Wildman–Crippen LogP) is 1.73. The van der Waals surface area contributed by atoms with Crippen LogP contribution in [0.2, 0.25) is 0 Å². The van der Waals surface area contributed by atoms with Gasteiger partial charge >= 0.3 is 5.97 Å². The first-order chi connectivity index (χ1) is 16.1. The first-order valence-electron chi connectivity index (χ1n) is 9.99. The third kappa shape index (κ3) is 4.13. The number of anilines is 1. The molecule has 0 saturated heterocycles. The van der Waals surface area contributed by atoms with Gasteiger partial charge in [-0.05, 0) is 24.3 Å². The number of rotatable bonds is 9. The van der Waals surface area contributed by atoms with Crippen LogP contribution >= 0.6 is 0 Å². The Balaban J connectivity index is 2.35.